The molecule has 4 aromatic rings. The molecule has 2 aromatic carbocycles. The summed E-state index contributed by atoms with van der Waals surface area (Å²) >= 11 is 0. The maximum Gasteiger partial charge on any atom is 0.0654 e. The van der Waals surface area contributed by atoms with Crippen LogP contribution in [0.3, 0.4) is 0 Å². The Balaban J connectivity index is 1.89. The molecule has 2 nitrogen and oxygen atoms in total. The minimum Gasteiger partial charge on any atom is -0.334 e. The van der Waals surface area contributed by atoms with Gasteiger partial charge in [-0.05, 0) is 36.8 Å². The van der Waals surface area contributed by atoms with Gasteiger partial charge in [0.1, 0.15) is 0 Å². The summed E-state index contributed by atoms with van der Waals surface area (Å²) in [5.74, 6) is 0. The summed E-state index contributed by atoms with van der Waals surface area (Å²) in [5.41, 5.74) is 5.85. The normalized spacial score (nSPS) is 11.0. The van der Waals surface area contributed by atoms with Crippen molar-refractivity contribution >= 4 is 10.9 Å². The molecule has 2 aromatic heterocycles. The number of hydrogen-bond donors (Lipinski definition) is 0. The van der Waals surface area contributed by atoms with Crippen LogP contribution in [0.1, 0.15) is 11.4 Å². The number of aromatic nitrogens is 2. The van der Waals surface area contributed by atoms with Crippen molar-refractivity contribution in [3.05, 3.63) is 90.3 Å². The van der Waals surface area contributed by atoms with Gasteiger partial charge in [-0.1, -0.05) is 54.6 Å². The molecule has 4 rings (SSSR count). The molecule has 0 saturated carbocycles. The van der Waals surface area contributed by atoms with Crippen LogP contribution < -0.4 is 0 Å². The third-order valence-corrected chi connectivity index (χ3v) is 4.15. The second-order valence-corrected chi connectivity index (χ2v) is 5.81. The topological polar surface area (TPSA) is 17.8 Å². The van der Waals surface area contributed by atoms with Crippen molar-refractivity contribution in [2.45, 2.75) is 13.5 Å². The molecule has 0 N–H and O–H groups in total. The summed E-state index contributed by atoms with van der Waals surface area (Å²) in [6.45, 7) is 2.81. The fraction of sp³-hybridized carbons (Fsp3) is 0.0952. The third-order valence-electron chi connectivity index (χ3n) is 4.15. The molecule has 2 heterocycles. The standard InChI is InChI=1S/C21H18N2/c1-16-8-7-12-19(22-16)15-23-20-13-6-5-11-18(20)14-21(23)17-9-3-2-4-10-17/h2-14H,15H2,1H3. The van der Waals surface area contributed by atoms with Crippen LogP contribution in [0.4, 0.5) is 0 Å². The highest BCUT2D eigenvalue weighted by Crippen LogP contribution is 2.28. The Hall–Kier alpha value is -2.87. The Labute approximate surface area is 136 Å². The van der Waals surface area contributed by atoms with Crippen molar-refractivity contribution < 1.29 is 0 Å². The average molecular weight is 298 g/mol. The highest BCUT2D eigenvalue weighted by atomic mass is 15.0. The first-order valence-electron chi connectivity index (χ1n) is 7.87. The zero-order valence-electron chi connectivity index (χ0n) is 13.1. The summed E-state index contributed by atoms with van der Waals surface area (Å²) in [7, 11) is 0. The maximum absolute atomic E-state index is 4.67. The Bertz CT molecular complexity index is 952. The number of hydrogen-bond acceptors (Lipinski definition) is 1. The van der Waals surface area contributed by atoms with Gasteiger partial charge in [-0.25, -0.2) is 0 Å². The number of benzene rings is 2. The van der Waals surface area contributed by atoms with Crippen LogP contribution in [-0.4, -0.2) is 9.55 Å². The van der Waals surface area contributed by atoms with E-state index in [2.05, 4.69) is 82.3 Å². The second kappa shape index (κ2) is 5.73. The lowest BCUT2D eigenvalue weighted by Gasteiger charge is -2.11. The minimum atomic E-state index is 0.777. The first kappa shape index (κ1) is 13.8. The van der Waals surface area contributed by atoms with Crippen LogP contribution in [-0.2, 0) is 6.54 Å². The van der Waals surface area contributed by atoms with Crippen LogP contribution in [0.2, 0.25) is 0 Å². The quantitative estimate of drug-likeness (QED) is 0.517. The Morgan fingerprint density at radius 1 is 0.826 bits per heavy atom. The summed E-state index contributed by atoms with van der Waals surface area (Å²) in [5, 5.41) is 1.26. The predicted octanol–water partition coefficient (Wildman–Crippen LogP) is 5.06. The number of rotatable bonds is 3. The van der Waals surface area contributed by atoms with Gasteiger partial charge in [0.05, 0.1) is 12.2 Å². The lowest BCUT2D eigenvalue weighted by molar-refractivity contribution is 0.809. The fourth-order valence-electron chi connectivity index (χ4n) is 3.08. The van der Waals surface area contributed by atoms with Crippen LogP contribution in [0.25, 0.3) is 22.2 Å². The monoisotopic (exact) mass is 298 g/mol. The van der Waals surface area contributed by atoms with Gasteiger partial charge < -0.3 is 4.57 Å². The zero-order chi connectivity index (χ0) is 15.6. The zero-order valence-corrected chi connectivity index (χ0v) is 13.1. The van der Waals surface area contributed by atoms with E-state index in [1.54, 1.807) is 0 Å². The number of pyridine rings is 1. The number of aryl methyl sites for hydroxylation is 1. The maximum atomic E-state index is 4.67. The van der Waals surface area contributed by atoms with Crippen molar-refractivity contribution in [2.75, 3.05) is 0 Å². The van der Waals surface area contributed by atoms with Gasteiger partial charge in [0, 0.05) is 22.3 Å². The third kappa shape index (κ3) is 2.64. The molecular formula is C21H18N2. The molecule has 0 atom stereocenters. The molecule has 0 amide bonds. The molecule has 0 saturated heterocycles. The Kier molecular flexibility index (Phi) is 3.43. The highest BCUT2D eigenvalue weighted by Gasteiger charge is 2.11. The molecule has 23 heavy (non-hydrogen) atoms. The van der Waals surface area contributed by atoms with Crippen LogP contribution in [0, 0.1) is 6.92 Å². The summed E-state index contributed by atoms with van der Waals surface area (Å²) in [6, 6.07) is 27.5. The summed E-state index contributed by atoms with van der Waals surface area (Å²) < 4.78 is 2.35. The van der Waals surface area contributed by atoms with Gasteiger partial charge in [-0.2, -0.15) is 0 Å². The first-order valence-corrected chi connectivity index (χ1v) is 7.87. The van der Waals surface area contributed by atoms with Crippen molar-refractivity contribution in [3.8, 4) is 11.3 Å². The minimum absolute atomic E-state index is 0.777. The van der Waals surface area contributed by atoms with Gasteiger partial charge in [0.2, 0.25) is 0 Å². The summed E-state index contributed by atoms with van der Waals surface area (Å²) in [6.07, 6.45) is 0. The smallest absolute Gasteiger partial charge is 0.0654 e. The average Bonchev–Trinajstić information content (AvgIpc) is 2.95. The highest BCUT2D eigenvalue weighted by molar-refractivity contribution is 5.87. The summed E-state index contributed by atoms with van der Waals surface area (Å²) in [4.78, 5) is 4.67. The van der Waals surface area contributed by atoms with Gasteiger partial charge in [-0.3, -0.25) is 4.98 Å². The second-order valence-electron chi connectivity index (χ2n) is 5.81. The molecule has 0 fully saturated rings. The van der Waals surface area contributed by atoms with E-state index < -0.39 is 0 Å². The van der Waals surface area contributed by atoms with Crippen molar-refractivity contribution in [3.63, 3.8) is 0 Å². The number of fused-ring (bicyclic) bond motifs is 1. The molecule has 0 spiro atoms. The lowest BCUT2D eigenvalue weighted by atomic mass is 10.1. The molecule has 0 aliphatic carbocycles. The first-order chi connectivity index (χ1) is 11.3. The van der Waals surface area contributed by atoms with E-state index >= 15 is 0 Å². The van der Waals surface area contributed by atoms with E-state index in [4.69, 9.17) is 0 Å². The van der Waals surface area contributed by atoms with E-state index in [9.17, 15) is 0 Å². The largest absolute Gasteiger partial charge is 0.334 e. The fourth-order valence-corrected chi connectivity index (χ4v) is 3.08. The Morgan fingerprint density at radius 3 is 2.43 bits per heavy atom. The van der Waals surface area contributed by atoms with Crippen molar-refractivity contribution in [1.29, 1.82) is 0 Å². The van der Waals surface area contributed by atoms with Crippen molar-refractivity contribution in [2.24, 2.45) is 0 Å². The number of nitrogens with zero attached hydrogens (tertiary/aromatic N) is 2. The van der Waals surface area contributed by atoms with Gasteiger partial charge in [0.25, 0.3) is 0 Å². The van der Waals surface area contributed by atoms with Crippen molar-refractivity contribution in [1.82, 2.24) is 9.55 Å². The van der Waals surface area contributed by atoms with E-state index in [-0.39, 0.29) is 0 Å². The van der Waals surface area contributed by atoms with E-state index in [0.29, 0.717) is 0 Å². The van der Waals surface area contributed by atoms with E-state index in [0.717, 1.165) is 17.9 Å². The SMILES string of the molecule is Cc1cccc(Cn2c(-c3ccccc3)cc3ccccc32)n1. The number of para-hydroxylation sites is 1. The predicted molar refractivity (Wildman–Crippen MR) is 95.5 cm³/mol. The Morgan fingerprint density at radius 2 is 1.61 bits per heavy atom. The lowest BCUT2D eigenvalue weighted by Crippen LogP contribution is -2.04. The van der Waals surface area contributed by atoms with Crippen LogP contribution >= 0.6 is 0 Å². The molecule has 0 aliphatic heterocycles. The molecule has 0 bridgehead atoms. The molecule has 0 radical (unpaired) electrons. The van der Waals surface area contributed by atoms with Crippen LogP contribution in [0.15, 0.2) is 78.9 Å². The van der Waals surface area contributed by atoms with Gasteiger partial charge in [-0.15, -0.1) is 0 Å². The molecular weight excluding hydrogens is 280 g/mol. The molecule has 0 unspecified atom stereocenters. The van der Waals surface area contributed by atoms with Gasteiger partial charge >= 0.3 is 0 Å². The molecule has 0 aliphatic rings. The molecule has 112 valence electrons. The van der Waals surface area contributed by atoms with Crippen LogP contribution in [0.5, 0.6) is 0 Å². The van der Waals surface area contributed by atoms with E-state index in [1.165, 1.54) is 22.2 Å². The van der Waals surface area contributed by atoms with Gasteiger partial charge in [0.15, 0.2) is 0 Å². The van der Waals surface area contributed by atoms with E-state index in [1.807, 2.05) is 13.0 Å². The molecule has 2 heteroatoms.